The van der Waals surface area contributed by atoms with Crippen molar-refractivity contribution in [3.63, 3.8) is 0 Å². The smallest absolute Gasteiger partial charge is 0.310 e. The van der Waals surface area contributed by atoms with E-state index in [9.17, 15) is 9.59 Å². The zero-order chi connectivity index (χ0) is 17.9. The van der Waals surface area contributed by atoms with Crippen LogP contribution in [-0.4, -0.2) is 18.0 Å². The number of hydrogen-bond donors (Lipinski definition) is 1. The van der Waals surface area contributed by atoms with Crippen LogP contribution in [0.25, 0.3) is 10.8 Å². The van der Waals surface area contributed by atoms with Gasteiger partial charge in [-0.1, -0.05) is 54.6 Å². The summed E-state index contributed by atoms with van der Waals surface area (Å²) in [6.07, 6.45) is -1.02. The first-order valence-corrected chi connectivity index (χ1v) is 8.39. The molecule has 0 bridgehead atoms. The van der Waals surface area contributed by atoms with E-state index in [-0.39, 0.29) is 18.9 Å². The molecule has 0 saturated carbocycles. The zero-order valence-electron chi connectivity index (χ0n) is 14.0. The van der Waals surface area contributed by atoms with Crippen LogP contribution in [-0.2, 0) is 20.9 Å². The Morgan fingerprint density at radius 1 is 1.00 bits per heavy atom. The molecule has 0 fully saturated rings. The maximum atomic E-state index is 12.2. The molecule has 4 rings (SSSR count). The highest BCUT2D eigenvalue weighted by molar-refractivity contribution is 5.99. The monoisotopic (exact) mass is 347 g/mol. The molecule has 0 saturated heterocycles. The highest BCUT2D eigenvalue weighted by atomic mass is 16.5. The normalized spacial score (nSPS) is 15.7. The summed E-state index contributed by atoms with van der Waals surface area (Å²) in [5.41, 5.74) is 1.54. The molecule has 130 valence electrons. The average Bonchev–Trinajstić information content (AvgIpc) is 2.67. The molecule has 26 heavy (non-hydrogen) atoms. The fourth-order valence-corrected chi connectivity index (χ4v) is 3.01. The Bertz CT molecular complexity index is 977. The van der Waals surface area contributed by atoms with E-state index < -0.39 is 12.1 Å². The van der Waals surface area contributed by atoms with Crippen molar-refractivity contribution >= 4 is 28.3 Å². The summed E-state index contributed by atoms with van der Waals surface area (Å²) >= 11 is 0. The summed E-state index contributed by atoms with van der Waals surface area (Å²) < 4.78 is 11.0. The van der Waals surface area contributed by atoms with Gasteiger partial charge >= 0.3 is 5.97 Å². The predicted octanol–water partition coefficient (Wildman–Crippen LogP) is 3.67. The van der Waals surface area contributed by atoms with Crippen LogP contribution in [0.4, 0.5) is 5.69 Å². The van der Waals surface area contributed by atoms with Gasteiger partial charge in [0.2, 0.25) is 0 Å². The van der Waals surface area contributed by atoms with Gasteiger partial charge in [-0.25, -0.2) is 0 Å². The number of anilines is 1. The summed E-state index contributed by atoms with van der Waals surface area (Å²) in [6.45, 7) is 0.158. The number of amides is 1. The van der Waals surface area contributed by atoms with Crippen molar-refractivity contribution in [2.75, 3.05) is 5.32 Å². The van der Waals surface area contributed by atoms with Crippen LogP contribution in [0.1, 0.15) is 12.0 Å². The number of benzene rings is 3. The maximum Gasteiger partial charge on any atom is 0.310 e. The van der Waals surface area contributed by atoms with E-state index in [2.05, 4.69) is 5.32 Å². The number of ether oxygens (including phenoxy) is 2. The number of para-hydroxylation sites is 2. The second-order valence-corrected chi connectivity index (χ2v) is 6.09. The lowest BCUT2D eigenvalue weighted by molar-refractivity contribution is -0.149. The lowest BCUT2D eigenvalue weighted by atomic mass is 10.1. The molecule has 0 radical (unpaired) electrons. The third-order valence-electron chi connectivity index (χ3n) is 4.33. The number of rotatable bonds is 4. The van der Waals surface area contributed by atoms with Crippen LogP contribution in [0.3, 0.4) is 0 Å². The predicted molar refractivity (Wildman–Crippen MR) is 97.8 cm³/mol. The zero-order valence-corrected chi connectivity index (χ0v) is 14.0. The molecule has 5 heteroatoms. The standard InChI is InChI=1S/C21H17NO4/c23-20(12-19-21(24)22-17-10-3-4-11-18(17)26-19)25-13-15-8-5-7-14-6-1-2-9-16(14)15/h1-11,19H,12-13H2,(H,22,24)/t19-/m0/s1. The lowest BCUT2D eigenvalue weighted by Crippen LogP contribution is -2.38. The first-order chi connectivity index (χ1) is 12.7. The van der Waals surface area contributed by atoms with Crippen molar-refractivity contribution < 1.29 is 19.1 Å². The molecule has 3 aromatic rings. The molecule has 0 spiro atoms. The van der Waals surface area contributed by atoms with Gasteiger partial charge in [0.05, 0.1) is 12.1 Å². The first kappa shape index (κ1) is 16.1. The van der Waals surface area contributed by atoms with Crippen LogP contribution < -0.4 is 10.1 Å². The third kappa shape index (κ3) is 3.24. The minimum atomic E-state index is -0.884. The van der Waals surface area contributed by atoms with Gasteiger partial charge in [0.25, 0.3) is 5.91 Å². The summed E-state index contributed by atoms with van der Waals surface area (Å²) in [5.74, 6) is -0.262. The molecule has 1 amide bonds. The summed E-state index contributed by atoms with van der Waals surface area (Å²) in [4.78, 5) is 24.3. The van der Waals surface area contributed by atoms with Crippen molar-refractivity contribution in [2.24, 2.45) is 0 Å². The lowest BCUT2D eigenvalue weighted by Gasteiger charge is -2.25. The highest BCUT2D eigenvalue weighted by Gasteiger charge is 2.30. The van der Waals surface area contributed by atoms with Crippen molar-refractivity contribution in [1.82, 2.24) is 0 Å². The van der Waals surface area contributed by atoms with Crippen molar-refractivity contribution in [3.8, 4) is 5.75 Å². The van der Waals surface area contributed by atoms with Crippen LogP contribution in [0.2, 0.25) is 0 Å². The number of hydrogen-bond acceptors (Lipinski definition) is 4. The first-order valence-electron chi connectivity index (χ1n) is 8.39. The molecule has 1 aliphatic rings. The fourth-order valence-electron chi connectivity index (χ4n) is 3.01. The molecule has 1 N–H and O–H groups in total. The van der Waals surface area contributed by atoms with Gasteiger partial charge < -0.3 is 14.8 Å². The number of carbonyl (C=O) groups excluding carboxylic acids is 2. The Morgan fingerprint density at radius 3 is 2.69 bits per heavy atom. The van der Waals surface area contributed by atoms with E-state index >= 15 is 0 Å². The summed E-state index contributed by atoms with van der Waals surface area (Å²) in [7, 11) is 0. The van der Waals surface area contributed by atoms with E-state index in [0.717, 1.165) is 16.3 Å². The van der Waals surface area contributed by atoms with E-state index in [1.54, 1.807) is 18.2 Å². The molecule has 1 atom stereocenters. The molecular weight excluding hydrogens is 330 g/mol. The van der Waals surface area contributed by atoms with Crippen molar-refractivity contribution in [1.29, 1.82) is 0 Å². The highest BCUT2D eigenvalue weighted by Crippen LogP contribution is 2.29. The number of esters is 1. The Morgan fingerprint density at radius 2 is 1.77 bits per heavy atom. The van der Waals surface area contributed by atoms with Crippen LogP contribution in [0.5, 0.6) is 5.75 Å². The SMILES string of the molecule is O=C(C[C@@H]1Oc2ccccc2NC1=O)OCc1cccc2ccccc12. The maximum absolute atomic E-state index is 12.2. The van der Waals surface area contributed by atoms with E-state index in [1.807, 2.05) is 48.5 Å². The Hall–Kier alpha value is -3.34. The third-order valence-corrected chi connectivity index (χ3v) is 4.33. The molecule has 5 nitrogen and oxygen atoms in total. The molecule has 1 heterocycles. The number of nitrogens with one attached hydrogen (secondary N) is 1. The molecule has 0 unspecified atom stereocenters. The van der Waals surface area contributed by atoms with E-state index in [4.69, 9.17) is 9.47 Å². The quantitative estimate of drug-likeness (QED) is 0.732. The second-order valence-electron chi connectivity index (χ2n) is 6.09. The van der Waals surface area contributed by atoms with Gasteiger partial charge in [-0.15, -0.1) is 0 Å². The van der Waals surface area contributed by atoms with Gasteiger partial charge in [0.15, 0.2) is 6.10 Å². The summed E-state index contributed by atoms with van der Waals surface area (Å²) in [5, 5.41) is 4.88. The molecule has 3 aromatic carbocycles. The fraction of sp³-hybridized carbons (Fsp3) is 0.143. The minimum absolute atomic E-state index is 0.134. The molecule has 1 aliphatic heterocycles. The van der Waals surface area contributed by atoms with Crippen LogP contribution >= 0.6 is 0 Å². The topological polar surface area (TPSA) is 64.6 Å². The van der Waals surface area contributed by atoms with Crippen LogP contribution in [0, 0.1) is 0 Å². The van der Waals surface area contributed by atoms with Gasteiger partial charge in [0, 0.05) is 0 Å². The van der Waals surface area contributed by atoms with Gasteiger partial charge in [-0.2, -0.15) is 0 Å². The Kier molecular flexibility index (Phi) is 4.27. The van der Waals surface area contributed by atoms with Gasteiger partial charge in [0.1, 0.15) is 12.4 Å². The van der Waals surface area contributed by atoms with E-state index in [1.165, 1.54) is 0 Å². The van der Waals surface area contributed by atoms with E-state index in [0.29, 0.717) is 11.4 Å². The molecule has 0 aromatic heterocycles. The average molecular weight is 347 g/mol. The summed E-state index contributed by atoms with van der Waals surface area (Å²) in [6, 6.07) is 20.9. The second kappa shape index (κ2) is 6.88. The largest absolute Gasteiger partial charge is 0.478 e. The minimum Gasteiger partial charge on any atom is -0.478 e. The van der Waals surface area contributed by atoms with Crippen molar-refractivity contribution in [2.45, 2.75) is 19.1 Å². The van der Waals surface area contributed by atoms with Crippen molar-refractivity contribution in [3.05, 3.63) is 72.3 Å². The number of carbonyl (C=O) groups is 2. The number of fused-ring (bicyclic) bond motifs is 2. The molecular formula is C21H17NO4. The molecule has 0 aliphatic carbocycles. The van der Waals surface area contributed by atoms with Gasteiger partial charge in [-0.3, -0.25) is 9.59 Å². The van der Waals surface area contributed by atoms with Crippen LogP contribution in [0.15, 0.2) is 66.7 Å². The van der Waals surface area contributed by atoms with Gasteiger partial charge in [-0.05, 0) is 28.5 Å². The Balaban J connectivity index is 1.41. The Labute approximate surface area is 150 Å².